The third-order valence-electron chi connectivity index (χ3n) is 4.53. The van der Waals surface area contributed by atoms with E-state index in [-0.39, 0.29) is 17.7 Å². The Morgan fingerprint density at radius 1 is 0.900 bits per heavy atom. The van der Waals surface area contributed by atoms with Crippen LogP contribution in [0.3, 0.4) is 0 Å². The number of imide groups is 1. The van der Waals surface area contributed by atoms with E-state index >= 15 is 0 Å². The molecule has 0 spiro atoms. The van der Waals surface area contributed by atoms with Crippen LogP contribution >= 0.6 is 27.7 Å². The van der Waals surface area contributed by atoms with Gasteiger partial charge in [0.2, 0.25) is 0 Å². The fourth-order valence-corrected chi connectivity index (χ4v) is 4.10. The summed E-state index contributed by atoms with van der Waals surface area (Å²) in [5, 5.41) is -0.259. The van der Waals surface area contributed by atoms with Crippen molar-refractivity contribution in [3.63, 3.8) is 0 Å². The van der Waals surface area contributed by atoms with Crippen LogP contribution in [0.4, 0.5) is 4.79 Å². The molecule has 6 heteroatoms. The Kier molecular flexibility index (Phi) is 6.35. The molecule has 0 aromatic heterocycles. The molecule has 1 fully saturated rings. The van der Waals surface area contributed by atoms with Crippen LogP contribution in [-0.2, 0) is 17.9 Å². The Morgan fingerprint density at radius 3 is 2.43 bits per heavy atom. The topological polar surface area (TPSA) is 46.6 Å². The lowest BCUT2D eigenvalue weighted by molar-refractivity contribution is -0.123. The predicted molar refractivity (Wildman–Crippen MR) is 123 cm³/mol. The second-order valence-corrected chi connectivity index (χ2v) is 8.65. The van der Waals surface area contributed by atoms with E-state index < -0.39 is 0 Å². The first-order valence-corrected chi connectivity index (χ1v) is 11.0. The van der Waals surface area contributed by atoms with Crippen molar-refractivity contribution in [2.75, 3.05) is 0 Å². The minimum atomic E-state index is -0.275. The molecular weight excluding hydrogens is 462 g/mol. The molecule has 4 nitrogen and oxygen atoms in total. The maximum Gasteiger partial charge on any atom is 0.293 e. The summed E-state index contributed by atoms with van der Waals surface area (Å²) in [5.74, 6) is 0.435. The first-order valence-electron chi connectivity index (χ1n) is 9.35. The molecule has 0 radical (unpaired) electrons. The van der Waals surface area contributed by atoms with Gasteiger partial charge in [-0.05, 0) is 58.8 Å². The molecular formula is C24H18BrNO3S. The molecule has 3 aromatic rings. The molecule has 2 amide bonds. The van der Waals surface area contributed by atoms with Crippen molar-refractivity contribution < 1.29 is 14.3 Å². The Balaban J connectivity index is 1.46. The molecule has 150 valence electrons. The lowest BCUT2D eigenvalue weighted by Gasteiger charge is -2.12. The zero-order chi connectivity index (χ0) is 20.9. The van der Waals surface area contributed by atoms with Gasteiger partial charge in [0.15, 0.2) is 0 Å². The van der Waals surface area contributed by atoms with E-state index in [0.717, 1.165) is 32.9 Å². The van der Waals surface area contributed by atoms with Gasteiger partial charge in [-0.2, -0.15) is 0 Å². The van der Waals surface area contributed by atoms with Crippen molar-refractivity contribution in [2.24, 2.45) is 0 Å². The summed E-state index contributed by atoms with van der Waals surface area (Å²) in [6, 6.07) is 25.0. The molecule has 0 atom stereocenters. The number of carbonyl (C=O) groups is 2. The van der Waals surface area contributed by atoms with E-state index in [9.17, 15) is 9.59 Å². The average molecular weight is 480 g/mol. The molecule has 1 saturated heterocycles. The highest BCUT2D eigenvalue weighted by Crippen LogP contribution is 2.33. The molecule has 0 saturated carbocycles. The molecule has 1 aliphatic rings. The number of hydrogen-bond acceptors (Lipinski definition) is 4. The Bertz CT molecular complexity index is 1100. The van der Waals surface area contributed by atoms with Crippen LogP contribution in [-0.4, -0.2) is 16.0 Å². The van der Waals surface area contributed by atoms with E-state index in [1.165, 1.54) is 4.90 Å². The minimum absolute atomic E-state index is 0.259. The van der Waals surface area contributed by atoms with Gasteiger partial charge in [-0.25, -0.2) is 0 Å². The van der Waals surface area contributed by atoms with Gasteiger partial charge in [-0.1, -0.05) is 70.5 Å². The van der Waals surface area contributed by atoms with Crippen molar-refractivity contribution in [1.82, 2.24) is 4.90 Å². The number of ether oxygens (including phenoxy) is 1. The summed E-state index contributed by atoms with van der Waals surface area (Å²) in [6.07, 6.45) is 1.74. The van der Waals surface area contributed by atoms with Gasteiger partial charge in [-0.3, -0.25) is 14.5 Å². The van der Waals surface area contributed by atoms with Crippen LogP contribution in [0.25, 0.3) is 6.08 Å². The molecule has 0 bridgehead atoms. The van der Waals surface area contributed by atoms with Gasteiger partial charge in [-0.15, -0.1) is 0 Å². The number of hydrogen-bond donors (Lipinski definition) is 0. The molecule has 30 heavy (non-hydrogen) atoms. The number of carbonyl (C=O) groups excluding carboxylic acids is 2. The van der Waals surface area contributed by atoms with E-state index in [4.69, 9.17) is 4.74 Å². The van der Waals surface area contributed by atoms with Crippen molar-refractivity contribution in [3.05, 3.63) is 105 Å². The summed E-state index contributed by atoms with van der Waals surface area (Å²) in [7, 11) is 0. The molecule has 3 aromatic carbocycles. The quantitative estimate of drug-likeness (QED) is 0.391. The molecule has 0 unspecified atom stereocenters. The first kappa shape index (κ1) is 20.4. The Morgan fingerprint density at radius 2 is 1.67 bits per heavy atom. The lowest BCUT2D eigenvalue weighted by Crippen LogP contribution is -2.27. The zero-order valence-corrected chi connectivity index (χ0v) is 18.4. The van der Waals surface area contributed by atoms with Gasteiger partial charge in [0.05, 0.1) is 11.4 Å². The van der Waals surface area contributed by atoms with Gasteiger partial charge in [0.25, 0.3) is 11.1 Å². The van der Waals surface area contributed by atoms with Gasteiger partial charge >= 0.3 is 0 Å². The lowest BCUT2D eigenvalue weighted by atomic mass is 10.2. The van der Waals surface area contributed by atoms with Gasteiger partial charge < -0.3 is 4.74 Å². The Labute approximate surface area is 187 Å². The Hall–Kier alpha value is -2.83. The number of nitrogens with zero attached hydrogens (tertiary/aromatic N) is 1. The highest BCUT2D eigenvalue weighted by molar-refractivity contribution is 9.10. The fraction of sp³-hybridized carbons (Fsp3) is 0.0833. The SMILES string of the molecule is O=C1S/C(=C\c2cccc(OCc3ccccc3)c2)C(=O)N1Cc1ccc(Br)cc1. The van der Waals surface area contributed by atoms with E-state index in [2.05, 4.69) is 15.9 Å². The smallest absolute Gasteiger partial charge is 0.293 e. The standard InChI is InChI=1S/C24H18BrNO3S/c25-20-11-9-17(10-12-20)15-26-23(27)22(30-24(26)28)14-19-7-4-8-21(13-19)29-16-18-5-2-1-3-6-18/h1-14H,15-16H2/b22-14-. The summed E-state index contributed by atoms with van der Waals surface area (Å²) < 4.78 is 6.81. The van der Waals surface area contributed by atoms with Gasteiger partial charge in [0.1, 0.15) is 12.4 Å². The van der Waals surface area contributed by atoms with Crippen LogP contribution in [0, 0.1) is 0 Å². The third kappa shape index (κ3) is 5.01. The third-order valence-corrected chi connectivity index (χ3v) is 5.97. The summed E-state index contributed by atoms with van der Waals surface area (Å²) in [4.78, 5) is 26.8. The predicted octanol–water partition coefficient (Wildman–Crippen LogP) is 6.26. The number of halogens is 1. The first-order chi connectivity index (χ1) is 14.6. The largest absolute Gasteiger partial charge is 0.489 e. The van der Waals surface area contributed by atoms with Crippen molar-refractivity contribution in [3.8, 4) is 5.75 Å². The minimum Gasteiger partial charge on any atom is -0.489 e. The van der Waals surface area contributed by atoms with Crippen LogP contribution in [0.15, 0.2) is 88.2 Å². The van der Waals surface area contributed by atoms with Gasteiger partial charge in [0, 0.05) is 4.47 Å². The molecule has 1 aliphatic heterocycles. The van der Waals surface area contributed by atoms with Crippen LogP contribution < -0.4 is 4.74 Å². The fourth-order valence-electron chi connectivity index (χ4n) is 3.00. The molecule has 1 heterocycles. The maximum absolute atomic E-state index is 12.8. The molecule has 4 rings (SSSR count). The normalized spacial score (nSPS) is 15.1. The maximum atomic E-state index is 12.8. The monoisotopic (exact) mass is 479 g/mol. The number of thioether (sulfide) groups is 1. The van der Waals surface area contributed by atoms with Crippen molar-refractivity contribution in [2.45, 2.75) is 13.2 Å². The zero-order valence-electron chi connectivity index (χ0n) is 16.0. The van der Waals surface area contributed by atoms with E-state index in [0.29, 0.717) is 17.3 Å². The van der Waals surface area contributed by atoms with Crippen LogP contribution in [0.5, 0.6) is 5.75 Å². The molecule has 0 aliphatic carbocycles. The molecule has 0 N–H and O–H groups in total. The highest BCUT2D eigenvalue weighted by Gasteiger charge is 2.34. The second kappa shape index (κ2) is 9.32. The van der Waals surface area contributed by atoms with Crippen LogP contribution in [0.1, 0.15) is 16.7 Å². The average Bonchev–Trinajstić information content (AvgIpc) is 3.02. The number of amides is 2. The van der Waals surface area contributed by atoms with E-state index in [1.807, 2.05) is 78.9 Å². The van der Waals surface area contributed by atoms with Crippen molar-refractivity contribution >= 4 is 44.9 Å². The summed E-state index contributed by atoms with van der Waals surface area (Å²) in [5.41, 5.74) is 2.80. The summed E-state index contributed by atoms with van der Waals surface area (Å²) >= 11 is 4.35. The second-order valence-electron chi connectivity index (χ2n) is 6.74. The van der Waals surface area contributed by atoms with Crippen molar-refractivity contribution in [1.29, 1.82) is 0 Å². The highest BCUT2D eigenvalue weighted by atomic mass is 79.9. The summed E-state index contributed by atoms with van der Waals surface area (Å²) in [6.45, 7) is 0.726. The number of rotatable bonds is 6. The number of benzene rings is 3. The van der Waals surface area contributed by atoms with E-state index in [1.54, 1.807) is 6.08 Å². The van der Waals surface area contributed by atoms with Crippen LogP contribution in [0.2, 0.25) is 0 Å².